The van der Waals surface area contributed by atoms with Gasteiger partial charge in [-0.15, -0.1) is 11.8 Å². The lowest BCUT2D eigenvalue weighted by atomic mass is 10.2. The largest absolute Gasteiger partial charge is 0.349 e. The van der Waals surface area contributed by atoms with E-state index in [9.17, 15) is 4.79 Å². The Bertz CT molecular complexity index is 424. The molecular weight excluding hydrogens is 232 g/mol. The van der Waals surface area contributed by atoms with E-state index in [1.165, 1.54) is 0 Å². The summed E-state index contributed by atoms with van der Waals surface area (Å²) in [6, 6.07) is 9.65. The van der Waals surface area contributed by atoms with Gasteiger partial charge in [0.2, 0.25) is 5.91 Å². The zero-order chi connectivity index (χ0) is 12.7. The number of thioether (sulfide) groups is 1. The predicted octanol–water partition coefficient (Wildman–Crippen LogP) is 2.52. The Morgan fingerprint density at radius 3 is 2.88 bits per heavy atom. The van der Waals surface area contributed by atoms with E-state index < -0.39 is 0 Å². The van der Waals surface area contributed by atoms with Gasteiger partial charge in [-0.2, -0.15) is 5.26 Å². The van der Waals surface area contributed by atoms with Crippen LogP contribution in [0.25, 0.3) is 0 Å². The normalized spacial score (nSPS) is 9.71. The fraction of sp³-hybridized carbons (Fsp3) is 0.385. The Balaban J connectivity index is 2.31. The van der Waals surface area contributed by atoms with Crippen molar-refractivity contribution in [3.05, 3.63) is 29.8 Å². The van der Waals surface area contributed by atoms with Crippen molar-refractivity contribution in [2.45, 2.75) is 17.7 Å². The molecule has 0 heterocycles. The number of carbonyl (C=O) groups excluding carboxylic acids is 1. The number of carbonyl (C=O) groups is 1. The number of nitriles is 1. The maximum absolute atomic E-state index is 11.3. The maximum atomic E-state index is 11.3. The second-order valence-corrected chi connectivity index (χ2v) is 5.05. The molecule has 0 aromatic heterocycles. The summed E-state index contributed by atoms with van der Waals surface area (Å²) < 4.78 is 0. The average Bonchev–Trinajstić information content (AvgIpc) is 2.34. The first-order valence-corrected chi connectivity index (χ1v) is 6.45. The van der Waals surface area contributed by atoms with Crippen molar-refractivity contribution in [2.24, 2.45) is 0 Å². The van der Waals surface area contributed by atoms with Crippen LogP contribution in [-0.2, 0) is 4.79 Å². The van der Waals surface area contributed by atoms with Crippen LogP contribution >= 0.6 is 11.8 Å². The number of hydrogen-bond acceptors (Lipinski definition) is 3. The van der Waals surface area contributed by atoms with E-state index in [-0.39, 0.29) is 5.91 Å². The lowest BCUT2D eigenvalue weighted by Crippen LogP contribution is -2.21. The van der Waals surface area contributed by atoms with Crippen LogP contribution < -0.4 is 0 Å². The zero-order valence-corrected chi connectivity index (χ0v) is 11.0. The number of hydrogen-bond donors (Lipinski definition) is 0. The molecular formula is C13H16N2OS. The second-order valence-electron chi connectivity index (χ2n) is 3.88. The van der Waals surface area contributed by atoms with E-state index in [0.29, 0.717) is 12.0 Å². The number of rotatable bonds is 5. The number of benzene rings is 1. The van der Waals surface area contributed by atoms with E-state index in [4.69, 9.17) is 5.26 Å². The van der Waals surface area contributed by atoms with Gasteiger partial charge in [0.1, 0.15) is 0 Å². The molecule has 1 aromatic carbocycles. The van der Waals surface area contributed by atoms with Crippen LogP contribution in [0, 0.1) is 11.3 Å². The maximum Gasteiger partial charge on any atom is 0.222 e. The Hall–Kier alpha value is -1.47. The minimum Gasteiger partial charge on any atom is -0.349 e. The third-order valence-corrected chi connectivity index (χ3v) is 3.35. The molecule has 0 aliphatic heterocycles. The standard InChI is InChI=1S/C13H16N2OS/c1-15(2)13(16)7-4-8-17-12-6-3-5-11(9-12)10-14/h3,5-6,9H,4,7-8H2,1-2H3. The highest BCUT2D eigenvalue weighted by molar-refractivity contribution is 7.99. The molecule has 0 aliphatic rings. The van der Waals surface area contributed by atoms with Crippen LogP contribution in [0.2, 0.25) is 0 Å². The predicted molar refractivity (Wildman–Crippen MR) is 69.8 cm³/mol. The first-order valence-electron chi connectivity index (χ1n) is 5.46. The minimum absolute atomic E-state index is 0.163. The number of nitrogens with zero attached hydrogens (tertiary/aromatic N) is 2. The molecule has 3 nitrogen and oxygen atoms in total. The molecule has 0 spiro atoms. The molecule has 0 bridgehead atoms. The van der Waals surface area contributed by atoms with Crippen molar-refractivity contribution < 1.29 is 4.79 Å². The van der Waals surface area contributed by atoms with E-state index in [2.05, 4.69) is 6.07 Å². The van der Waals surface area contributed by atoms with Crippen molar-refractivity contribution in [3.63, 3.8) is 0 Å². The van der Waals surface area contributed by atoms with Gasteiger partial charge in [0.05, 0.1) is 11.6 Å². The van der Waals surface area contributed by atoms with Crippen molar-refractivity contribution in [2.75, 3.05) is 19.8 Å². The number of amides is 1. The fourth-order valence-corrected chi connectivity index (χ4v) is 2.20. The van der Waals surface area contributed by atoms with Gasteiger partial charge in [-0.25, -0.2) is 0 Å². The Morgan fingerprint density at radius 1 is 1.47 bits per heavy atom. The van der Waals surface area contributed by atoms with Crippen LogP contribution in [0.3, 0.4) is 0 Å². The summed E-state index contributed by atoms with van der Waals surface area (Å²) in [5.41, 5.74) is 0.680. The highest BCUT2D eigenvalue weighted by atomic mass is 32.2. The third-order valence-electron chi connectivity index (χ3n) is 2.27. The molecule has 17 heavy (non-hydrogen) atoms. The summed E-state index contributed by atoms with van der Waals surface area (Å²) in [6.07, 6.45) is 1.44. The van der Waals surface area contributed by atoms with Crippen LogP contribution in [0.1, 0.15) is 18.4 Å². The second kappa shape index (κ2) is 6.97. The molecule has 0 N–H and O–H groups in total. The molecule has 90 valence electrons. The highest BCUT2D eigenvalue weighted by Crippen LogP contribution is 2.20. The zero-order valence-electron chi connectivity index (χ0n) is 10.1. The van der Waals surface area contributed by atoms with Crippen molar-refractivity contribution in [1.82, 2.24) is 4.90 Å². The summed E-state index contributed by atoms with van der Waals surface area (Å²) in [6.45, 7) is 0. The first kappa shape index (κ1) is 13.6. The molecule has 1 aromatic rings. The highest BCUT2D eigenvalue weighted by Gasteiger charge is 2.03. The molecule has 0 saturated heterocycles. The lowest BCUT2D eigenvalue weighted by Gasteiger charge is -2.09. The van der Waals surface area contributed by atoms with E-state index in [0.717, 1.165) is 17.1 Å². The Labute approximate surface area is 106 Å². The van der Waals surface area contributed by atoms with E-state index in [1.807, 2.05) is 18.2 Å². The van der Waals surface area contributed by atoms with Crippen molar-refractivity contribution in [1.29, 1.82) is 5.26 Å². The lowest BCUT2D eigenvalue weighted by molar-refractivity contribution is -0.128. The first-order chi connectivity index (χ1) is 8.13. The smallest absolute Gasteiger partial charge is 0.222 e. The summed E-state index contributed by atoms with van der Waals surface area (Å²) in [5, 5.41) is 8.76. The Kier molecular flexibility index (Phi) is 5.58. The van der Waals surface area contributed by atoms with Crippen molar-refractivity contribution >= 4 is 17.7 Å². The SMILES string of the molecule is CN(C)C(=O)CCCSc1cccc(C#N)c1. The van der Waals surface area contributed by atoms with Gasteiger partial charge in [0.15, 0.2) is 0 Å². The van der Waals surface area contributed by atoms with E-state index in [1.54, 1.807) is 36.8 Å². The van der Waals surface area contributed by atoms with Crippen molar-refractivity contribution in [3.8, 4) is 6.07 Å². The molecule has 0 fully saturated rings. The van der Waals surface area contributed by atoms with E-state index >= 15 is 0 Å². The molecule has 0 unspecified atom stereocenters. The Morgan fingerprint density at radius 2 is 2.24 bits per heavy atom. The van der Waals surface area contributed by atoms with Gasteiger partial charge in [-0.05, 0) is 30.4 Å². The van der Waals surface area contributed by atoms with Crippen LogP contribution in [0.15, 0.2) is 29.2 Å². The third kappa shape index (κ3) is 4.92. The van der Waals surface area contributed by atoms with Crippen LogP contribution in [0.4, 0.5) is 0 Å². The van der Waals surface area contributed by atoms with Crippen LogP contribution in [-0.4, -0.2) is 30.7 Å². The molecule has 1 rings (SSSR count). The van der Waals surface area contributed by atoms with Crippen LogP contribution in [0.5, 0.6) is 0 Å². The monoisotopic (exact) mass is 248 g/mol. The molecule has 0 radical (unpaired) electrons. The molecule has 1 amide bonds. The van der Waals surface area contributed by atoms with Gasteiger partial charge in [-0.1, -0.05) is 6.07 Å². The van der Waals surface area contributed by atoms with Gasteiger partial charge in [0, 0.05) is 25.4 Å². The van der Waals surface area contributed by atoms with Gasteiger partial charge in [-0.3, -0.25) is 4.79 Å². The van der Waals surface area contributed by atoms with Gasteiger partial charge in [0.25, 0.3) is 0 Å². The quantitative estimate of drug-likeness (QED) is 0.594. The van der Waals surface area contributed by atoms with Gasteiger partial charge >= 0.3 is 0 Å². The topological polar surface area (TPSA) is 44.1 Å². The summed E-state index contributed by atoms with van der Waals surface area (Å²) >= 11 is 1.68. The molecule has 0 atom stereocenters. The molecule has 4 heteroatoms. The summed E-state index contributed by atoms with van der Waals surface area (Å²) in [7, 11) is 3.54. The summed E-state index contributed by atoms with van der Waals surface area (Å²) in [4.78, 5) is 14.0. The molecule has 0 aliphatic carbocycles. The summed E-state index contributed by atoms with van der Waals surface area (Å²) in [5.74, 6) is 1.06. The molecule has 0 saturated carbocycles. The average molecular weight is 248 g/mol. The van der Waals surface area contributed by atoms with Gasteiger partial charge < -0.3 is 4.90 Å². The minimum atomic E-state index is 0.163. The fourth-order valence-electron chi connectivity index (χ4n) is 1.29.